The first-order valence-electron chi connectivity index (χ1n) is 6.39. The van der Waals surface area contributed by atoms with E-state index in [0.717, 1.165) is 8.04 Å². The third kappa shape index (κ3) is 4.71. The van der Waals surface area contributed by atoms with E-state index in [2.05, 4.69) is 38.5 Å². The molecule has 2 aromatic rings. The van der Waals surface area contributed by atoms with Gasteiger partial charge in [-0.2, -0.15) is 0 Å². The molecule has 0 bridgehead atoms. The Hall–Kier alpha value is -1.08. The second-order valence-electron chi connectivity index (χ2n) is 4.66. The minimum atomic E-state index is -0.395. The molecule has 0 aliphatic heterocycles. The lowest BCUT2D eigenvalue weighted by Gasteiger charge is -2.12. The molecule has 2 rings (SSSR count). The van der Waals surface area contributed by atoms with Crippen molar-refractivity contribution in [2.24, 2.45) is 0 Å². The van der Waals surface area contributed by atoms with Gasteiger partial charge in [-0.3, -0.25) is 0 Å². The number of halogens is 2. The molecule has 2 aromatic carbocycles. The summed E-state index contributed by atoms with van der Waals surface area (Å²) in [6.45, 7) is 3.90. The topological polar surface area (TPSA) is 35.5 Å². The summed E-state index contributed by atoms with van der Waals surface area (Å²) in [5.41, 5.74) is 0.469. The van der Waals surface area contributed by atoms with Gasteiger partial charge in [0.25, 0.3) is 0 Å². The molecule has 0 radical (unpaired) electrons. The summed E-state index contributed by atoms with van der Waals surface area (Å²) in [4.78, 5) is 12.1. The second-order valence-corrected chi connectivity index (χ2v) is 6.76. The van der Waals surface area contributed by atoms with E-state index in [-0.39, 0.29) is 6.10 Å². The predicted molar refractivity (Wildman–Crippen MR) is 94.0 cm³/mol. The minimum Gasteiger partial charge on any atom is -0.490 e. The molecule has 0 saturated heterocycles. The molecule has 5 heteroatoms. The van der Waals surface area contributed by atoms with Crippen molar-refractivity contribution < 1.29 is 14.3 Å². The van der Waals surface area contributed by atoms with Gasteiger partial charge >= 0.3 is 5.97 Å². The molecule has 0 fully saturated rings. The monoisotopic (exact) mass is 460 g/mol. The standard InChI is InChI=1S/C16H14BrIO3/c1-10(2)20-15-8-3-11(9-14(15)17)16(19)21-13-6-4-12(18)5-7-13/h3-10H,1-2H3. The zero-order chi connectivity index (χ0) is 15.4. The largest absolute Gasteiger partial charge is 0.490 e. The maximum atomic E-state index is 12.1. The van der Waals surface area contributed by atoms with Gasteiger partial charge in [-0.05, 0) is 94.8 Å². The normalized spacial score (nSPS) is 10.5. The molecule has 0 amide bonds. The van der Waals surface area contributed by atoms with E-state index in [1.54, 1.807) is 30.3 Å². The third-order valence-electron chi connectivity index (χ3n) is 2.55. The van der Waals surface area contributed by atoms with Gasteiger partial charge < -0.3 is 9.47 Å². The van der Waals surface area contributed by atoms with Gasteiger partial charge in [0.2, 0.25) is 0 Å². The van der Waals surface area contributed by atoms with E-state index < -0.39 is 5.97 Å². The number of ether oxygens (including phenoxy) is 2. The van der Waals surface area contributed by atoms with Gasteiger partial charge in [-0.25, -0.2) is 4.79 Å². The summed E-state index contributed by atoms with van der Waals surface area (Å²) >= 11 is 5.60. The second kappa shape index (κ2) is 7.26. The van der Waals surface area contributed by atoms with Crippen LogP contribution < -0.4 is 9.47 Å². The average molecular weight is 461 g/mol. The number of rotatable bonds is 4. The van der Waals surface area contributed by atoms with Crippen LogP contribution >= 0.6 is 38.5 Å². The van der Waals surface area contributed by atoms with Gasteiger partial charge in [0.15, 0.2) is 0 Å². The van der Waals surface area contributed by atoms with Gasteiger partial charge in [0.05, 0.1) is 16.1 Å². The zero-order valence-corrected chi connectivity index (χ0v) is 15.3. The zero-order valence-electron chi connectivity index (χ0n) is 11.6. The number of carbonyl (C=O) groups is 1. The van der Waals surface area contributed by atoms with E-state index in [1.807, 2.05) is 26.0 Å². The van der Waals surface area contributed by atoms with Crippen LogP contribution in [0.5, 0.6) is 11.5 Å². The molecule has 0 unspecified atom stereocenters. The van der Waals surface area contributed by atoms with Crippen LogP contribution in [0.3, 0.4) is 0 Å². The fourth-order valence-electron chi connectivity index (χ4n) is 1.65. The fraction of sp³-hybridized carbons (Fsp3) is 0.188. The lowest BCUT2D eigenvalue weighted by Crippen LogP contribution is -2.10. The Morgan fingerprint density at radius 2 is 1.81 bits per heavy atom. The summed E-state index contributed by atoms with van der Waals surface area (Å²) in [5, 5.41) is 0. The van der Waals surface area contributed by atoms with Gasteiger partial charge in [-0.15, -0.1) is 0 Å². The van der Waals surface area contributed by atoms with Crippen molar-refractivity contribution in [1.82, 2.24) is 0 Å². The number of esters is 1. The highest BCUT2D eigenvalue weighted by Crippen LogP contribution is 2.27. The Labute approximate surface area is 145 Å². The molecule has 0 aliphatic rings. The van der Waals surface area contributed by atoms with E-state index in [1.165, 1.54) is 0 Å². The molecule has 0 aliphatic carbocycles. The van der Waals surface area contributed by atoms with E-state index in [4.69, 9.17) is 9.47 Å². The summed E-state index contributed by atoms with van der Waals surface area (Å²) in [7, 11) is 0. The summed E-state index contributed by atoms with van der Waals surface area (Å²) in [6, 6.07) is 12.5. The first-order chi connectivity index (χ1) is 9.95. The van der Waals surface area contributed by atoms with Crippen molar-refractivity contribution in [1.29, 1.82) is 0 Å². The van der Waals surface area contributed by atoms with Crippen molar-refractivity contribution in [2.45, 2.75) is 20.0 Å². The quantitative estimate of drug-likeness (QED) is 0.363. The molecule has 0 N–H and O–H groups in total. The first-order valence-corrected chi connectivity index (χ1v) is 8.27. The summed E-state index contributed by atoms with van der Waals surface area (Å²) in [6.07, 6.45) is 0.0749. The van der Waals surface area contributed by atoms with Gasteiger partial charge in [0.1, 0.15) is 11.5 Å². The molecule has 0 saturated carbocycles. The number of hydrogen-bond acceptors (Lipinski definition) is 3. The van der Waals surface area contributed by atoms with Crippen LogP contribution in [-0.2, 0) is 0 Å². The molecule has 0 spiro atoms. The minimum absolute atomic E-state index is 0.0749. The highest BCUT2D eigenvalue weighted by Gasteiger charge is 2.12. The molecule has 0 heterocycles. The van der Waals surface area contributed by atoms with E-state index in [9.17, 15) is 4.79 Å². The van der Waals surface area contributed by atoms with Crippen molar-refractivity contribution in [2.75, 3.05) is 0 Å². The predicted octanol–water partition coefficient (Wildman–Crippen LogP) is 5.06. The van der Waals surface area contributed by atoms with Crippen LogP contribution in [0.15, 0.2) is 46.9 Å². The van der Waals surface area contributed by atoms with Crippen LogP contribution in [-0.4, -0.2) is 12.1 Å². The van der Waals surface area contributed by atoms with Crippen LogP contribution in [0.1, 0.15) is 24.2 Å². The highest BCUT2D eigenvalue weighted by atomic mass is 127. The number of benzene rings is 2. The van der Waals surface area contributed by atoms with Gasteiger partial charge in [-0.1, -0.05) is 0 Å². The van der Waals surface area contributed by atoms with Crippen LogP contribution in [0.2, 0.25) is 0 Å². The summed E-state index contributed by atoms with van der Waals surface area (Å²) < 4.78 is 12.8. The van der Waals surface area contributed by atoms with Crippen molar-refractivity contribution in [3.8, 4) is 11.5 Å². The lowest BCUT2D eigenvalue weighted by atomic mass is 10.2. The van der Waals surface area contributed by atoms with Gasteiger partial charge in [0, 0.05) is 3.57 Å². The SMILES string of the molecule is CC(C)Oc1ccc(C(=O)Oc2ccc(I)cc2)cc1Br. The van der Waals surface area contributed by atoms with Crippen molar-refractivity contribution >= 4 is 44.5 Å². The Morgan fingerprint density at radius 1 is 1.14 bits per heavy atom. The Morgan fingerprint density at radius 3 is 2.38 bits per heavy atom. The molecular weight excluding hydrogens is 447 g/mol. The Bertz CT molecular complexity index is 638. The molecule has 0 aromatic heterocycles. The smallest absolute Gasteiger partial charge is 0.343 e. The maximum absolute atomic E-state index is 12.1. The van der Waals surface area contributed by atoms with Crippen LogP contribution in [0.25, 0.3) is 0 Å². The lowest BCUT2D eigenvalue weighted by molar-refractivity contribution is 0.0734. The Kier molecular flexibility index (Phi) is 5.64. The molecule has 110 valence electrons. The first kappa shape index (κ1) is 16.3. The van der Waals surface area contributed by atoms with Crippen LogP contribution in [0.4, 0.5) is 0 Å². The van der Waals surface area contributed by atoms with E-state index in [0.29, 0.717) is 17.1 Å². The third-order valence-corrected chi connectivity index (χ3v) is 3.89. The molecular formula is C16H14BrIO3. The molecule has 21 heavy (non-hydrogen) atoms. The van der Waals surface area contributed by atoms with Crippen LogP contribution in [0, 0.1) is 3.57 Å². The summed E-state index contributed by atoms with van der Waals surface area (Å²) in [5.74, 6) is 0.836. The fourth-order valence-corrected chi connectivity index (χ4v) is 2.48. The van der Waals surface area contributed by atoms with Crippen molar-refractivity contribution in [3.05, 3.63) is 56.1 Å². The number of hydrogen-bond donors (Lipinski definition) is 0. The van der Waals surface area contributed by atoms with Crippen molar-refractivity contribution in [3.63, 3.8) is 0 Å². The average Bonchev–Trinajstić information content (AvgIpc) is 2.43. The van der Waals surface area contributed by atoms with E-state index >= 15 is 0 Å². The number of carbonyl (C=O) groups excluding carboxylic acids is 1. The molecule has 3 nitrogen and oxygen atoms in total. The maximum Gasteiger partial charge on any atom is 0.343 e. The Balaban J connectivity index is 2.12. The highest BCUT2D eigenvalue weighted by molar-refractivity contribution is 14.1. The molecule has 0 atom stereocenters.